The van der Waals surface area contributed by atoms with Gasteiger partial charge in [-0.25, -0.2) is 0 Å². The van der Waals surface area contributed by atoms with Gasteiger partial charge in [0.25, 0.3) is 0 Å². The van der Waals surface area contributed by atoms with E-state index in [4.69, 9.17) is 9.84 Å². The minimum atomic E-state index is -0.0730. The van der Waals surface area contributed by atoms with E-state index in [1.807, 2.05) is 26.8 Å². The number of benzene rings is 1. The quantitative estimate of drug-likeness (QED) is 0.844. The van der Waals surface area contributed by atoms with Crippen molar-refractivity contribution in [2.24, 2.45) is 0 Å². The molecule has 4 nitrogen and oxygen atoms in total. The lowest BCUT2D eigenvalue weighted by Gasteiger charge is -2.16. The number of rotatable bonds is 5. The number of aliphatic hydroxyl groups excluding tert-OH is 1. The Morgan fingerprint density at radius 2 is 2.00 bits per heavy atom. The summed E-state index contributed by atoms with van der Waals surface area (Å²) in [4.78, 5) is 11.6. The number of hydrogen-bond acceptors (Lipinski definition) is 3. The number of ether oxygens (including phenoxy) is 1. The monoisotopic (exact) mass is 251 g/mol. The maximum Gasteiger partial charge on any atom is 0.224 e. The highest BCUT2D eigenvalue weighted by Crippen LogP contribution is 2.31. The van der Waals surface area contributed by atoms with Gasteiger partial charge in [-0.05, 0) is 49.9 Å². The van der Waals surface area contributed by atoms with Crippen LogP contribution >= 0.6 is 0 Å². The second kappa shape index (κ2) is 6.40. The molecule has 0 unspecified atom stereocenters. The molecule has 0 heterocycles. The Kier molecular flexibility index (Phi) is 5.16. The van der Waals surface area contributed by atoms with Crippen LogP contribution in [0.2, 0.25) is 0 Å². The number of anilines is 1. The third-order valence-corrected chi connectivity index (χ3v) is 3.07. The molecule has 0 bridgehead atoms. The van der Waals surface area contributed by atoms with Gasteiger partial charge in [-0.1, -0.05) is 0 Å². The number of hydrogen-bond donors (Lipinski definition) is 2. The first-order valence-corrected chi connectivity index (χ1v) is 6.06. The Hall–Kier alpha value is -1.55. The summed E-state index contributed by atoms with van der Waals surface area (Å²) < 4.78 is 5.34. The van der Waals surface area contributed by atoms with Crippen molar-refractivity contribution in [3.8, 4) is 5.75 Å². The van der Waals surface area contributed by atoms with Crippen molar-refractivity contribution in [1.82, 2.24) is 0 Å². The van der Waals surface area contributed by atoms with Crippen LogP contribution < -0.4 is 10.1 Å². The number of carbonyl (C=O) groups excluding carboxylic acids is 1. The fourth-order valence-electron chi connectivity index (χ4n) is 1.95. The van der Waals surface area contributed by atoms with Gasteiger partial charge in [-0.15, -0.1) is 0 Å². The van der Waals surface area contributed by atoms with E-state index in [1.165, 1.54) is 0 Å². The van der Waals surface area contributed by atoms with Gasteiger partial charge < -0.3 is 15.2 Å². The Morgan fingerprint density at radius 3 is 2.56 bits per heavy atom. The van der Waals surface area contributed by atoms with Crippen molar-refractivity contribution in [3.63, 3.8) is 0 Å². The summed E-state index contributed by atoms with van der Waals surface area (Å²) >= 11 is 0. The number of nitrogens with one attached hydrogen (secondary N) is 1. The second-order valence-corrected chi connectivity index (χ2v) is 4.40. The SMILES string of the molecule is COc1c(C)cc(NC(=O)CCCO)c(C)c1C. The Morgan fingerprint density at radius 1 is 1.33 bits per heavy atom. The molecule has 0 aliphatic rings. The molecule has 0 saturated heterocycles. The number of methoxy groups -OCH3 is 1. The minimum absolute atomic E-state index is 0.0348. The molecule has 0 aliphatic carbocycles. The van der Waals surface area contributed by atoms with Crippen molar-refractivity contribution < 1.29 is 14.6 Å². The number of carbonyl (C=O) groups is 1. The predicted molar refractivity (Wildman–Crippen MR) is 72.2 cm³/mol. The molecule has 1 amide bonds. The lowest BCUT2D eigenvalue weighted by atomic mass is 10.0. The van der Waals surface area contributed by atoms with Gasteiger partial charge in [-0.2, -0.15) is 0 Å². The van der Waals surface area contributed by atoms with Gasteiger partial charge in [0.2, 0.25) is 5.91 Å². The molecule has 0 aliphatic heterocycles. The third kappa shape index (κ3) is 3.23. The smallest absolute Gasteiger partial charge is 0.224 e. The maximum atomic E-state index is 11.6. The molecule has 4 heteroatoms. The largest absolute Gasteiger partial charge is 0.496 e. The van der Waals surface area contributed by atoms with Gasteiger partial charge in [-0.3, -0.25) is 4.79 Å². The summed E-state index contributed by atoms with van der Waals surface area (Å²) in [5, 5.41) is 11.6. The van der Waals surface area contributed by atoms with Crippen LogP contribution in [-0.2, 0) is 4.79 Å². The van der Waals surface area contributed by atoms with Crippen molar-refractivity contribution >= 4 is 11.6 Å². The van der Waals surface area contributed by atoms with Gasteiger partial charge in [0.1, 0.15) is 5.75 Å². The molecule has 0 radical (unpaired) electrons. The van der Waals surface area contributed by atoms with Crippen molar-refractivity contribution in [2.75, 3.05) is 19.0 Å². The Bertz CT molecular complexity index is 441. The predicted octanol–water partition coefficient (Wildman–Crippen LogP) is 2.33. The maximum absolute atomic E-state index is 11.6. The summed E-state index contributed by atoms with van der Waals surface area (Å²) in [6.45, 7) is 5.92. The zero-order valence-corrected chi connectivity index (χ0v) is 11.5. The van der Waals surface area contributed by atoms with Crippen LogP contribution in [0.15, 0.2) is 6.07 Å². The highest BCUT2D eigenvalue weighted by Gasteiger charge is 2.12. The third-order valence-electron chi connectivity index (χ3n) is 3.07. The summed E-state index contributed by atoms with van der Waals surface area (Å²) in [6.07, 6.45) is 0.819. The van der Waals surface area contributed by atoms with Gasteiger partial charge in [0, 0.05) is 18.7 Å². The van der Waals surface area contributed by atoms with E-state index < -0.39 is 0 Å². The van der Waals surface area contributed by atoms with Crippen molar-refractivity contribution in [2.45, 2.75) is 33.6 Å². The minimum Gasteiger partial charge on any atom is -0.496 e. The van der Waals surface area contributed by atoms with Gasteiger partial charge in [0.15, 0.2) is 0 Å². The van der Waals surface area contributed by atoms with Crippen molar-refractivity contribution in [3.05, 3.63) is 22.8 Å². The molecule has 1 rings (SSSR count). The van der Waals surface area contributed by atoms with E-state index in [9.17, 15) is 4.79 Å². The number of amides is 1. The highest BCUT2D eigenvalue weighted by atomic mass is 16.5. The molecular formula is C14H21NO3. The molecule has 0 aromatic heterocycles. The molecule has 2 N–H and O–H groups in total. The molecule has 18 heavy (non-hydrogen) atoms. The topological polar surface area (TPSA) is 58.6 Å². The molecule has 0 fully saturated rings. The molecular weight excluding hydrogens is 230 g/mol. The lowest BCUT2D eigenvalue weighted by molar-refractivity contribution is -0.116. The first-order valence-electron chi connectivity index (χ1n) is 6.06. The van der Waals surface area contributed by atoms with E-state index >= 15 is 0 Å². The highest BCUT2D eigenvalue weighted by molar-refractivity contribution is 5.92. The average molecular weight is 251 g/mol. The molecule has 1 aromatic rings. The summed E-state index contributed by atoms with van der Waals surface area (Å²) in [5.74, 6) is 0.789. The summed E-state index contributed by atoms with van der Waals surface area (Å²) in [5.41, 5.74) is 3.86. The van der Waals surface area contributed by atoms with Crippen molar-refractivity contribution in [1.29, 1.82) is 0 Å². The van der Waals surface area contributed by atoms with Crippen LogP contribution in [0.1, 0.15) is 29.5 Å². The summed E-state index contributed by atoms with van der Waals surface area (Å²) in [7, 11) is 1.65. The van der Waals surface area contributed by atoms with Crippen LogP contribution in [0.5, 0.6) is 5.75 Å². The van der Waals surface area contributed by atoms with Crippen LogP contribution in [0.25, 0.3) is 0 Å². The number of aryl methyl sites for hydroxylation is 1. The van der Waals surface area contributed by atoms with Crippen LogP contribution in [-0.4, -0.2) is 24.7 Å². The molecule has 100 valence electrons. The van der Waals surface area contributed by atoms with E-state index in [0.717, 1.165) is 28.1 Å². The number of aliphatic hydroxyl groups is 1. The fourth-order valence-corrected chi connectivity index (χ4v) is 1.95. The Balaban J connectivity index is 2.94. The van der Waals surface area contributed by atoms with E-state index in [0.29, 0.717) is 12.8 Å². The first kappa shape index (κ1) is 14.5. The fraction of sp³-hybridized carbons (Fsp3) is 0.500. The van der Waals surface area contributed by atoms with E-state index in [1.54, 1.807) is 7.11 Å². The normalized spacial score (nSPS) is 10.3. The zero-order chi connectivity index (χ0) is 13.7. The van der Waals surface area contributed by atoms with E-state index in [2.05, 4.69) is 5.32 Å². The lowest BCUT2D eigenvalue weighted by Crippen LogP contribution is -2.13. The van der Waals surface area contributed by atoms with Crippen LogP contribution in [0.3, 0.4) is 0 Å². The van der Waals surface area contributed by atoms with Gasteiger partial charge >= 0.3 is 0 Å². The molecule has 0 spiro atoms. The van der Waals surface area contributed by atoms with Crippen LogP contribution in [0, 0.1) is 20.8 Å². The standard InChI is InChI=1S/C14H21NO3/c1-9-8-12(15-13(17)6-5-7-16)10(2)11(3)14(9)18-4/h8,16H,5-7H2,1-4H3,(H,15,17). The molecule has 0 saturated carbocycles. The molecule has 0 atom stereocenters. The Labute approximate surface area is 108 Å². The second-order valence-electron chi connectivity index (χ2n) is 4.40. The van der Waals surface area contributed by atoms with Crippen LogP contribution in [0.4, 0.5) is 5.69 Å². The molecule has 1 aromatic carbocycles. The van der Waals surface area contributed by atoms with Gasteiger partial charge in [0.05, 0.1) is 7.11 Å². The average Bonchev–Trinajstić information content (AvgIpc) is 2.33. The van der Waals surface area contributed by atoms with E-state index in [-0.39, 0.29) is 12.5 Å². The zero-order valence-electron chi connectivity index (χ0n) is 11.5. The first-order chi connectivity index (χ1) is 8.51. The summed E-state index contributed by atoms with van der Waals surface area (Å²) in [6, 6.07) is 1.91.